The number of benzene rings is 1. The van der Waals surface area contributed by atoms with Crippen LogP contribution in [0.15, 0.2) is 40.8 Å². The van der Waals surface area contributed by atoms with Crippen LogP contribution in [0.2, 0.25) is 0 Å². The van der Waals surface area contributed by atoms with Gasteiger partial charge < -0.3 is 14.5 Å². The first kappa shape index (κ1) is 15.7. The Morgan fingerprint density at radius 2 is 1.96 bits per heavy atom. The average Bonchev–Trinajstić information content (AvgIpc) is 3.22. The summed E-state index contributed by atoms with van der Waals surface area (Å²) in [6.45, 7) is 0.0568. The second kappa shape index (κ2) is 6.53. The van der Waals surface area contributed by atoms with Crippen molar-refractivity contribution in [2.45, 2.75) is 0 Å². The predicted octanol–water partition coefficient (Wildman–Crippen LogP) is 1.79. The molecule has 0 unspecified atom stereocenters. The van der Waals surface area contributed by atoms with Crippen LogP contribution in [0.5, 0.6) is 0 Å². The predicted molar refractivity (Wildman–Crippen MR) is 79.5 cm³/mol. The lowest BCUT2D eigenvalue weighted by atomic mass is 10.2. The molecule has 1 aromatic heterocycles. The van der Waals surface area contributed by atoms with E-state index in [1.165, 1.54) is 30.3 Å². The van der Waals surface area contributed by atoms with E-state index in [4.69, 9.17) is 9.15 Å². The average molecular weight is 332 g/mol. The molecule has 1 aromatic carbocycles. The van der Waals surface area contributed by atoms with Crippen LogP contribution >= 0.6 is 0 Å². The number of imide groups is 1. The van der Waals surface area contributed by atoms with Gasteiger partial charge in [0, 0.05) is 18.7 Å². The highest BCUT2D eigenvalue weighted by molar-refractivity contribution is 5.97. The van der Waals surface area contributed by atoms with Crippen molar-refractivity contribution in [2.24, 2.45) is 0 Å². The van der Waals surface area contributed by atoms with Crippen molar-refractivity contribution in [2.75, 3.05) is 19.7 Å². The monoisotopic (exact) mass is 332 g/mol. The number of amides is 3. The number of hydrogen-bond acceptors (Lipinski definition) is 5. The van der Waals surface area contributed by atoms with Gasteiger partial charge in [-0.05, 0) is 36.4 Å². The zero-order valence-electron chi connectivity index (χ0n) is 12.5. The van der Waals surface area contributed by atoms with Gasteiger partial charge in [0.15, 0.2) is 6.61 Å². The van der Waals surface area contributed by atoms with Crippen LogP contribution in [0.3, 0.4) is 0 Å². The lowest BCUT2D eigenvalue weighted by Crippen LogP contribution is -2.37. The quantitative estimate of drug-likeness (QED) is 0.862. The highest BCUT2D eigenvalue weighted by atomic mass is 19.1. The molecular weight excluding hydrogens is 319 g/mol. The zero-order chi connectivity index (χ0) is 17.1. The third kappa shape index (κ3) is 3.27. The van der Waals surface area contributed by atoms with Gasteiger partial charge in [-0.3, -0.25) is 9.69 Å². The van der Waals surface area contributed by atoms with Crippen LogP contribution in [0.25, 0.3) is 11.3 Å². The van der Waals surface area contributed by atoms with Crippen LogP contribution < -0.4 is 5.32 Å². The van der Waals surface area contributed by atoms with E-state index >= 15 is 0 Å². The zero-order valence-corrected chi connectivity index (χ0v) is 12.5. The van der Waals surface area contributed by atoms with Gasteiger partial charge in [-0.15, -0.1) is 0 Å². The van der Waals surface area contributed by atoms with Gasteiger partial charge in [-0.2, -0.15) is 0 Å². The Kier molecular flexibility index (Phi) is 4.28. The van der Waals surface area contributed by atoms with Gasteiger partial charge >= 0.3 is 12.0 Å². The number of ether oxygens (including phenoxy) is 1. The molecule has 1 saturated heterocycles. The topological polar surface area (TPSA) is 88.9 Å². The van der Waals surface area contributed by atoms with Gasteiger partial charge in [0.05, 0.1) is 0 Å². The van der Waals surface area contributed by atoms with E-state index in [2.05, 4.69) is 5.32 Å². The second-order valence-electron chi connectivity index (χ2n) is 5.02. The fourth-order valence-electron chi connectivity index (χ4n) is 2.20. The SMILES string of the molecule is O=C(OCC(=O)N1CCNC1=O)c1ccc(-c2ccc(F)cc2)o1. The van der Waals surface area contributed by atoms with E-state index in [1.807, 2.05) is 0 Å². The Morgan fingerprint density at radius 3 is 2.62 bits per heavy atom. The number of furan rings is 1. The van der Waals surface area contributed by atoms with Crippen LogP contribution in [-0.4, -0.2) is 42.5 Å². The van der Waals surface area contributed by atoms with Crippen molar-refractivity contribution in [3.63, 3.8) is 0 Å². The summed E-state index contributed by atoms with van der Waals surface area (Å²) in [6.07, 6.45) is 0. The van der Waals surface area contributed by atoms with E-state index in [0.29, 0.717) is 17.9 Å². The Bertz CT molecular complexity index is 784. The number of nitrogens with one attached hydrogen (secondary N) is 1. The van der Waals surface area contributed by atoms with Gasteiger partial charge in [0.1, 0.15) is 11.6 Å². The fourth-order valence-corrected chi connectivity index (χ4v) is 2.20. The standard InChI is InChI=1S/C16H13FN2O5/c17-11-3-1-10(2-4-11)12-5-6-13(24-12)15(21)23-9-14(20)19-8-7-18-16(19)22/h1-6H,7-9H2,(H,18,22). The molecule has 1 aliphatic rings. The Hall–Kier alpha value is -3.16. The lowest BCUT2D eigenvalue weighted by molar-refractivity contribution is -0.130. The minimum Gasteiger partial charge on any atom is -0.450 e. The molecule has 0 aliphatic carbocycles. The van der Waals surface area contributed by atoms with Crippen molar-refractivity contribution in [1.82, 2.24) is 10.2 Å². The van der Waals surface area contributed by atoms with Gasteiger partial charge in [-0.25, -0.2) is 14.0 Å². The molecule has 2 heterocycles. The summed E-state index contributed by atoms with van der Waals surface area (Å²) in [5.41, 5.74) is 0.597. The van der Waals surface area contributed by atoms with Gasteiger partial charge in [0.2, 0.25) is 5.76 Å². The minimum atomic E-state index is -0.823. The first-order chi connectivity index (χ1) is 11.5. The number of nitrogens with zero attached hydrogens (tertiary/aromatic N) is 1. The summed E-state index contributed by atoms with van der Waals surface area (Å²) in [4.78, 5) is 36.0. The molecule has 24 heavy (non-hydrogen) atoms. The first-order valence-electron chi connectivity index (χ1n) is 7.16. The molecular formula is C16H13FN2O5. The van der Waals surface area contributed by atoms with E-state index in [-0.39, 0.29) is 18.1 Å². The van der Waals surface area contributed by atoms with Gasteiger partial charge in [0.25, 0.3) is 5.91 Å². The molecule has 7 nitrogen and oxygen atoms in total. The van der Waals surface area contributed by atoms with Crippen LogP contribution in [0.4, 0.5) is 9.18 Å². The molecule has 1 N–H and O–H groups in total. The third-order valence-corrected chi connectivity index (χ3v) is 3.42. The molecule has 0 bridgehead atoms. The van der Waals surface area contributed by atoms with E-state index < -0.39 is 24.5 Å². The number of halogens is 1. The smallest absolute Gasteiger partial charge is 0.374 e. The number of carbonyl (C=O) groups excluding carboxylic acids is 3. The molecule has 3 amide bonds. The molecule has 1 fully saturated rings. The molecule has 0 radical (unpaired) electrons. The molecule has 1 aliphatic heterocycles. The van der Waals surface area contributed by atoms with Crippen molar-refractivity contribution in [3.05, 3.63) is 48.0 Å². The maximum atomic E-state index is 12.9. The Labute approximate surface area is 136 Å². The summed E-state index contributed by atoms with van der Waals surface area (Å²) >= 11 is 0. The highest BCUT2D eigenvalue weighted by Crippen LogP contribution is 2.22. The van der Waals surface area contributed by atoms with Crippen LogP contribution in [0, 0.1) is 5.82 Å². The Morgan fingerprint density at radius 1 is 1.21 bits per heavy atom. The third-order valence-electron chi connectivity index (χ3n) is 3.42. The fraction of sp³-hybridized carbons (Fsp3) is 0.188. The van der Waals surface area contributed by atoms with Crippen molar-refractivity contribution in [1.29, 1.82) is 0 Å². The normalized spacial score (nSPS) is 13.7. The molecule has 0 saturated carbocycles. The molecule has 3 rings (SSSR count). The van der Waals surface area contributed by atoms with Crippen molar-refractivity contribution in [3.8, 4) is 11.3 Å². The van der Waals surface area contributed by atoms with E-state index in [0.717, 1.165) is 4.90 Å². The molecule has 8 heteroatoms. The van der Waals surface area contributed by atoms with E-state index in [9.17, 15) is 18.8 Å². The molecule has 124 valence electrons. The molecule has 0 atom stereocenters. The first-order valence-corrected chi connectivity index (χ1v) is 7.16. The second-order valence-corrected chi connectivity index (χ2v) is 5.02. The molecule has 2 aromatic rings. The largest absolute Gasteiger partial charge is 0.450 e. The Balaban J connectivity index is 1.60. The minimum absolute atomic E-state index is 0.0898. The number of carbonyl (C=O) groups is 3. The van der Waals surface area contributed by atoms with Crippen molar-refractivity contribution < 1.29 is 27.9 Å². The maximum Gasteiger partial charge on any atom is 0.374 e. The van der Waals surface area contributed by atoms with Crippen molar-refractivity contribution >= 4 is 17.9 Å². The van der Waals surface area contributed by atoms with Gasteiger partial charge in [-0.1, -0.05) is 0 Å². The summed E-state index contributed by atoms with van der Waals surface area (Å²) in [6, 6.07) is 8.00. The summed E-state index contributed by atoms with van der Waals surface area (Å²) in [7, 11) is 0. The summed E-state index contributed by atoms with van der Waals surface area (Å²) < 4.78 is 23.1. The van der Waals surface area contributed by atoms with Crippen LogP contribution in [0.1, 0.15) is 10.6 Å². The van der Waals surface area contributed by atoms with Crippen LogP contribution in [-0.2, 0) is 9.53 Å². The highest BCUT2D eigenvalue weighted by Gasteiger charge is 2.27. The lowest BCUT2D eigenvalue weighted by Gasteiger charge is -2.11. The number of hydrogen-bond donors (Lipinski definition) is 1. The van der Waals surface area contributed by atoms with E-state index in [1.54, 1.807) is 6.07 Å². The number of rotatable bonds is 4. The maximum absolute atomic E-state index is 12.9. The molecule has 0 spiro atoms. The summed E-state index contributed by atoms with van der Waals surface area (Å²) in [5, 5.41) is 2.48. The number of urea groups is 1. The number of esters is 1. The summed E-state index contributed by atoms with van der Waals surface area (Å²) in [5.74, 6) is -1.53.